The van der Waals surface area contributed by atoms with Crippen LogP contribution in [0.15, 0.2) is 12.3 Å². The number of nitrogens with zero attached hydrogens (tertiary/aromatic N) is 2. The second-order valence-electron chi connectivity index (χ2n) is 5.25. The van der Waals surface area contributed by atoms with E-state index in [1.807, 2.05) is 11.1 Å². The molecule has 1 aromatic rings. The highest BCUT2D eigenvalue weighted by Crippen LogP contribution is 2.17. The van der Waals surface area contributed by atoms with Crippen LogP contribution in [-0.4, -0.2) is 60.1 Å². The Morgan fingerprint density at radius 3 is 3.00 bits per heavy atom. The molecule has 104 valence electrons. The molecule has 0 unspecified atom stereocenters. The molecule has 1 saturated heterocycles. The number of aromatic nitrogens is 1. The van der Waals surface area contributed by atoms with Gasteiger partial charge in [-0.2, -0.15) is 0 Å². The highest BCUT2D eigenvalue weighted by molar-refractivity contribution is 5.76. The van der Waals surface area contributed by atoms with Crippen LogP contribution in [0.25, 0.3) is 0 Å². The third kappa shape index (κ3) is 2.98. The van der Waals surface area contributed by atoms with E-state index >= 15 is 0 Å². The molecule has 3 rings (SSSR count). The standard InChI is InChI=1S/C14H21N3O2/c18-14(3-5-16-7-9-19-10-8-16)17-6-2-13-12(11-17)1-4-15-13/h1,4,15H,2-3,5-11H2. The average molecular weight is 263 g/mol. The summed E-state index contributed by atoms with van der Waals surface area (Å²) >= 11 is 0. The van der Waals surface area contributed by atoms with Crippen molar-refractivity contribution in [1.29, 1.82) is 0 Å². The van der Waals surface area contributed by atoms with E-state index in [1.165, 1.54) is 11.3 Å². The third-order valence-electron chi connectivity index (χ3n) is 4.02. The minimum atomic E-state index is 0.276. The number of fused-ring (bicyclic) bond motifs is 1. The topological polar surface area (TPSA) is 48.6 Å². The first-order valence-corrected chi connectivity index (χ1v) is 7.06. The number of hydrogen-bond donors (Lipinski definition) is 1. The zero-order chi connectivity index (χ0) is 13.1. The number of nitrogens with one attached hydrogen (secondary N) is 1. The number of morpholine rings is 1. The molecule has 3 heterocycles. The van der Waals surface area contributed by atoms with E-state index in [-0.39, 0.29) is 5.91 Å². The summed E-state index contributed by atoms with van der Waals surface area (Å²) < 4.78 is 5.31. The molecule has 5 nitrogen and oxygen atoms in total. The number of carbonyl (C=O) groups is 1. The van der Waals surface area contributed by atoms with E-state index in [0.29, 0.717) is 6.42 Å². The number of rotatable bonds is 3. The highest BCUT2D eigenvalue weighted by Gasteiger charge is 2.21. The van der Waals surface area contributed by atoms with Crippen molar-refractivity contribution in [3.05, 3.63) is 23.5 Å². The van der Waals surface area contributed by atoms with Gasteiger partial charge in [-0.05, 0) is 11.6 Å². The summed E-state index contributed by atoms with van der Waals surface area (Å²) in [4.78, 5) is 19.8. The molecule has 1 N–H and O–H groups in total. The summed E-state index contributed by atoms with van der Waals surface area (Å²) in [5, 5.41) is 0. The quantitative estimate of drug-likeness (QED) is 0.870. The summed E-state index contributed by atoms with van der Waals surface area (Å²) in [5.74, 6) is 0.276. The maximum absolute atomic E-state index is 12.2. The van der Waals surface area contributed by atoms with Gasteiger partial charge in [0.1, 0.15) is 0 Å². The van der Waals surface area contributed by atoms with E-state index < -0.39 is 0 Å². The highest BCUT2D eigenvalue weighted by atomic mass is 16.5. The van der Waals surface area contributed by atoms with Crippen molar-refractivity contribution in [3.8, 4) is 0 Å². The molecule has 1 aromatic heterocycles. The molecule has 2 aliphatic rings. The van der Waals surface area contributed by atoms with Crippen molar-refractivity contribution in [2.24, 2.45) is 0 Å². The molecule has 0 atom stereocenters. The molecule has 0 bridgehead atoms. The summed E-state index contributed by atoms with van der Waals surface area (Å²) in [5.41, 5.74) is 2.56. The van der Waals surface area contributed by atoms with Gasteiger partial charge in [0, 0.05) is 57.5 Å². The SMILES string of the molecule is O=C(CCN1CCOCC1)N1CCc2[nH]ccc2C1. The van der Waals surface area contributed by atoms with Crippen molar-refractivity contribution in [2.45, 2.75) is 19.4 Å². The molecular weight excluding hydrogens is 242 g/mol. The summed E-state index contributed by atoms with van der Waals surface area (Å²) in [7, 11) is 0. The van der Waals surface area contributed by atoms with Gasteiger partial charge in [0.2, 0.25) is 5.91 Å². The van der Waals surface area contributed by atoms with Gasteiger partial charge in [-0.3, -0.25) is 9.69 Å². The number of aromatic amines is 1. The Bertz CT molecular complexity index is 438. The number of amides is 1. The van der Waals surface area contributed by atoms with Gasteiger partial charge in [0.15, 0.2) is 0 Å². The van der Waals surface area contributed by atoms with Gasteiger partial charge >= 0.3 is 0 Å². The van der Waals surface area contributed by atoms with Crippen LogP contribution in [0.3, 0.4) is 0 Å². The molecule has 19 heavy (non-hydrogen) atoms. The predicted octanol–water partition coefficient (Wildman–Crippen LogP) is 0.622. The minimum absolute atomic E-state index is 0.276. The fourth-order valence-electron chi connectivity index (χ4n) is 2.80. The van der Waals surface area contributed by atoms with Crippen LogP contribution in [0.4, 0.5) is 0 Å². The Balaban J connectivity index is 1.48. The Morgan fingerprint density at radius 2 is 2.16 bits per heavy atom. The summed E-state index contributed by atoms with van der Waals surface area (Å²) in [6.45, 7) is 5.97. The van der Waals surface area contributed by atoms with Crippen molar-refractivity contribution in [3.63, 3.8) is 0 Å². The first-order valence-electron chi connectivity index (χ1n) is 7.06. The van der Waals surface area contributed by atoms with Crippen LogP contribution in [0.2, 0.25) is 0 Å². The lowest BCUT2D eigenvalue weighted by Crippen LogP contribution is -2.41. The lowest BCUT2D eigenvalue weighted by atomic mass is 10.1. The second-order valence-corrected chi connectivity index (χ2v) is 5.25. The number of carbonyl (C=O) groups excluding carboxylic acids is 1. The first-order chi connectivity index (χ1) is 9.33. The Kier molecular flexibility index (Phi) is 3.84. The smallest absolute Gasteiger partial charge is 0.224 e. The van der Waals surface area contributed by atoms with Gasteiger partial charge < -0.3 is 14.6 Å². The van der Waals surface area contributed by atoms with Gasteiger partial charge in [0.05, 0.1) is 13.2 Å². The van der Waals surface area contributed by atoms with Crippen molar-refractivity contribution in [1.82, 2.24) is 14.8 Å². The normalized spacial score (nSPS) is 20.3. The summed E-state index contributed by atoms with van der Waals surface area (Å²) in [6, 6.07) is 2.08. The molecule has 0 aliphatic carbocycles. The monoisotopic (exact) mass is 263 g/mol. The second kappa shape index (κ2) is 5.75. The van der Waals surface area contributed by atoms with Gasteiger partial charge in [-0.1, -0.05) is 0 Å². The molecule has 0 radical (unpaired) electrons. The maximum Gasteiger partial charge on any atom is 0.224 e. The van der Waals surface area contributed by atoms with Crippen LogP contribution < -0.4 is 0 Å². The van der Waals surface area contributed by atoms with Crippen LogP contribution in [0.1, 0.15) is 17.7 Å². The lowest BCUT2D eigenvalue weighted by Gasteiger charge is -2.30. The van der Waals surface area contributed by atoms with Gasteiger partial charge in [-0.25, -0.2) is 0 Å². The average Bonchev–Trinajstić information content (AvgIpc) is 2.93. The molecule has 0 spiro atoms. The maximum atomic E-state index is 12.2. The predicted molar refractivity (Wildman–Crippen MR) is 71.8 cm³/mol. The zero-order valence-electron chi connectivity index (χ0n) is 11.2. The van der Waals surface area contributed by atoms with Gasteiger partial charge in [-0.15, -0.1) is 0 Å². The fraction of sp³-hybridized carbons (Fsp3) is 0.643. The van der Waals surface area contributed by atoms with Crippen molar-refractivity contribution < 1.29 is 9.53 Å². The van der Waals surface area contributed by atoms with E-state index in [9.17, 15) is 4.79 Å². The molecule has 5 heteroatoms. The third-order valence-corrected chi connectivity index (χ3v) is 4.02. The fourth-order valence-corrected chi connectivity index (χ4v) is 2.80. The molecule has 0 saturated carbocycles. The number of H-pyrrole nitrogens is 1. The lowest BCUT2D eigenvalue weighted by molar-refractivity contribution is -0.132. The van der Waals surface area contributed by atoms with Crippen LogP contribution in [-0.2, 0) is 22.5 Å². The Morgan fingerprint density at radius 1 is 1.32 bits per heavy atom. The molecule has 0 aromatic carbocycles. The molecule has 1 amide bonds. The molecule has 1 fully saturated rings. The first kappa shape index (κ1) is 12.7. The number of ether oxygens (including phenoxy) is 1. The molecule has 2 aliphatic heterocycles. The van der Waals surface area contributed by atoms with Crippen molar-refractivity contribution in [2.75, 3.05) is 39.4 Å². The van der Waals surface area contributed by atoms with Crippen LogP contribution in [0.5, 0.6) is 0 Å². The van der Waals surface area contributed by atoms with Crippen LogP contribution in [0, 0.1) is 0 Å². The minimum Gasteiger partial charge on any atom is -0.379 e. The van der Waals surface area contributed by atoms with Gasteiger partial charge in [0.25, 0.3) is 0 Å². The Hall–Kier alpha value is -1.33. The van der Waals surface area contributed by atoms with E-state index in [2.05, 4.69) is 16.0 Å². The Labute approximate surface area is 113 Å². The zero-order valence-corrected chi connectivity index (χ0v) is 11.2. The molecular formula is C14H21N3O2. The van der Waals surface area contributed by atoms with E-state index in [4.69, 9.17) is 4.74 Å². The van der Waals surface area contributed by atoms with E-state index in [0.717, 1.165) is 52.4 Å². The summed E-state index contributed by atoms with van der Waals surface area (Å²) in [6.07, 6.45) is 3.54. The number of hydrogen-bond acceptors (Lipinski definition) is 3. The van der Waals surface area contributed by atoms with Crippen molar-refractivity contribution >= 4 is 5.91 Å². The van der Waals surface area contributed by atoms with E-state index in [1.54, 1.807) is 0 Å². The van der Waals surface area contributed by atoms with Crippen LogP contribution >= 0.6 is 0 Å². The largest absolute Gasteiger partial charge is 0.379 e.